The molecule has 0 saturated carbocycles. The van der Waals surface area contributed by atoms with E-state index in [-0.39, 0.29) is 5.78 Å². The number of hydrogen-bond donors (Lipinski definition) is 2. The highest BCUT2D eigenvalue weighted by atomic mass is 32.1. The lowest BCUT2D eigenvalue weighted by molar-refractivity contribution is 0.0988. The topological polar surface area (TPSA) is 106 Å². The van der Waals surface area contributed by atoms with Crippen LogP contribution in [-0.4, -0.2) is 47.0 Å². The number of pyridine rings is 1. The van der Waals surface area contributed by atoms with E-state index >= 15 is 0 Å². The lowest BCUT2D eigenvalue weighted by Crippen LogP contribution is -2.36. The molecule has 8 nitrogen and oxygen atoms in total. The molecule has 9 heteroatoms. The number of morpholine rings is 1. The normalized spacial score (nSPS) is 13.9. The van der Waals surface area contributed by atoms with Gasteiger partial charge in [0.25, 0.3) is 0 Å². The molecule has 168 valence electrons. The standard InChI is InChI=1S/C24H24N6O2S/c1-2-19(31)16-5-3-4-15(12-16)18-14-33-22-21(18)28-24(29-23(22)25)27-17-6-7-20(26-13-17)30-8-10-32-11-9-30/h3-7,12-14H,2,8-11H2,1H3,(H3,25,27,28,29). The Morgan fingerprint density at radius 3 is 2.82 bits per heavy atom. The average molecular weight is 461 g/mol. The van der Waals surface area contributed by atoms with Crippen molar-refractivity contribution in [2.24, 2.45) is 0 Å². The molecular formula is C24H24N6O2S. The number of hydrogen-bond acceptors (Lipinski definition) is 9. The number of nitrogens with two attached hydrogens (primary N) is 1. The van der Waals surface area contributed by atoms with Crippen molar-refractivity contribution in [1.82, 2.24) is 15.0 Å². The molecular weight excluding hydrogens is 436 g/mol. The average Bonchev–Trinajstić information content (AvgIpc) is 3.29. The molecule has 1 fully saturated rings. The van der Waals surface area contributed by atoms with E-state index < -0.39 is 0 Å². The van der Waals surface area contributed by atoms with Crippen LogP contribution in [0, 0.1) is 0 Å². The first kappa shape index (κ1) is 21.3. The SMILES string of the molecule is CCC(=O)c1cccc(-c2csc3c(N)nc(Nc4ccc(N5CCOCC5)nc4)nc23)c1. The van der Waals surface area contributed by atoms with Crippen molar-refractivity contribution in [2.45, 2.75) is 13.3 Å². The summed E-state index contributed by atoms with van der Waals surface area (Å²) in [6, 6.07) is 11.6. The maximum absolute atomic E-state index is 12.2. The zero-order valence-electron chi connectivity index (χ0n) is 18.2. The van der Waals surface area contributed by atoms with Crippen molar-refractivity contribution in [3.63, 3.8) is 0 Å². The van der Waals surface area contributed by atoms with Gasteiger partial charge in [-0.25, -0.2) is 9.97 Å². The van der Waals surface area contributed by atoms with Gasteiger partial charge in [-0.05, 0) is 23.8 Å². The van der Waals surface area contributed by atoms with Crippen LogP contribution in [0.2, 0.25) is 0 Å². The molecule has 1 aliphatic heterocycles. The molecule has 1 aromatic carbocycles. The zero-order chi connectivity index (χ0) is 22.8. The minimum absolute atomic E-state index is 0.112. The minimum atomic E-state index is 0.112. The van der Waals surface area contributed by atoms with Crippen molar-refractivity contribution in [3.8, 4) is 11.1 Å². The van der Waals surface area contributed by atoms with Crippen molar-refractivity contribution in [1.29, 1.82) is 0 Å². The third-order valence-electron chi connectivity index (χ3n) is 5.60. The van der Waals surface area contributed by atoms with E-state index in [0.29, 0.717) is 37.0 Å². The Balaban J connectivity index is 1.44. The number of carbonyl (C=O) groups is 1. The van der Waals surface area contributed by atoms with Crippen LogP contribution in [0.5, 0.6) is 0 Å². The Hall–Kier alpha value is -3.56. The fraction of sp³-hybridized carbons (Fsp3) is 0.250. The molecule has 0 atom stereocenters. The van der Waals surface area contributed by atoms with E-state index in [1.807, 2.05) is 48.7 Å². The lowest BCUT2D eigenvalue weighted by atomic mass is 10.0. The molecule has 0 unspecified atom stereocenters. The molecule has 1 aliphatic rings. The van der Waals surface area contributed by atoms with E-state index in [1.54, 1.807) is 6.20 Å². The van der Waals surface area contributed by atoms with Gasteiger partial charge in [-0.15, -0.1) is 11.3 Å². The van der Waals surface area contributed by atoms with Crippen molar-refractivity contribution in [3.05, 3.63) is 53.5 Å². The number of nitrogen functional groups attached to an aromatic ring is 1. The fourth-order valence-electron chi connectivity index (χ4n) is 3.83. The van der Waals surface area contributed by atoms with Gasteiger partial charge in [-0.1, -0.05) is 25.1 Å². The van der Waals surface area contributed by atoms with Gasteiger partial charge in [0.1, 0.15) is 11.6 Å². The lowest BCUT2D eigenvalue weighted by Gasteiger charge is -2.27. The van der Waals surface area contributed by atoms with Crippen LogP contribution in [0.3, 0.4) is 0 Å². The number of anilines is 4. The van der Waals surface area contributed by atoms with Crippen LogP contribution < -0.4 is 16.0 Å². The van der Waals surface area contributed by atoms with Gasteiger partial charge < -0.3 is 20.7 Å². The Kier molecular flexibility index (Phi) is 5.89. The summed E-state index contributed by atoms with van der Waals surface area (Å²) in [6.07, 6.45) is 2.23. The smallest absolute Gasteiger partial charge is 0.229 e. The Labute approximate surface area is 195 Å². The van der Waals surface area contributed by atoms with Crippen LogP contribution in [0.25, 0.3) is 21.3 Å². The van der Waals surface area contributed by atoms with Crippen LogP contribution in [0.1, 0.15) is 23.7 Å². The van der Waals surface area contributed by atoms with E-state index in [9.17, 15) is 4.79 Å². The highest BCUT2D eigenvalue weighted by Crippen LogP contribution is 2.36. The first-order valence-electron chi connectivity index (χ1n) is 10.9. The molecule has 0 radical (unpaired) electrons. The molecule has 3 aromatic heterocycles. The summed E-state index contributed by atoms with van der Waals surface area (Å²) in [5.74, 6) is 1.85. The van der Waals surface area contributed by atoms with Gasteiger partial charge in [0.2, 0.25) is 5.95 Å². The highest BCUT2D eigenvalue weighted by molar-refractivity contribution is 7.18. The third-order valence-corrected chi connectivity index (χ3v) is 6.59. The number of nitrogens with zero attached hydrogens (tertiary/aromatic N) is 4. The number of thiophene rings is 1. The first-order chi connectivity index (χ1) is 16.1. The number of ether oxygens (including phenoxy) is 1. The molecule has 4 heterocycles. The van der Waals surface area contributed by atoms with E-state index in [1.165, 1.54) is 11.3 Å². The van der Waals surface area contributed by atoms with E-state index in [4.69, 9.17) is 15.5 Å². The number of Topliss-reactive ketones (excluding diaryl/α,β-unsaturated/α-hetero) is 1. The summed E-state index contributed by atoms with van der Waals surface area (Å²) >= 11 is 1.50. The maximum atomic E-state index is 12.2. The van der Waals surface area contributed by atoms with Crippen LogP contribution in [-0.2, 0) is 4.74 Å². The van der Waals surface area contributed by atoms with Gasteiger partial charge in [0.05, 0.1) is 35.3 Å². The summed E-state index contributed by atoms with van der Waals surface area (Å²) in [5, 5.41) is 5.22. The van der Waals surface area contributed by atoms with Crippen LogP contribution in [0.4, 0.5) is 23.3 Å². The number of benzene rings is 1. The van der Waals surface area contributed by atoms with E-state index in [0.717, 1.165) is 45.9 Å². The molecule has 0 spiro atoms. The highest BCUT2D eigenvalue weighted by Gasteiger charge is 2.16. The molecule has 0 amide bonds. The van der Waals surface area contributed by atoms with E-state index in [2.05, 4.69) is 20.2 Å². The van der Waals surface area contributed by atoms with Gasteiger partial charge in [0.15, 0.2) is 5.78 Å². The summed E-state index contributed by atoms with van der Waals surface area (Å²) < 4.78 is 6.23. The quantitative estimate of drug-likeness (QED) is 0.405. The van der Waals surface area contributed by atoms with Crippen LogP contribution >= 0.6 is 11.3 Å². The van der Waals surface area contributed by atoms with Crippen molar-refractivity contribution >= 4 is 50.6 Å². The summed E-state index contributed by atoms with van der Waals surface area (Å²) in [7, 11) is 0. The van der Waals surface area contributed by atoms with Crippen molar-refractivity contribution in [2.75, 3.05) is 42.3 Å². The molecule has 1 saturated heterocycles. The molecule has 0 aliphatic carbocycles. The second kappa shape index (κ2) is 9.13. The predicted octanol–water partition coefficient (Wildman–Crippen LogP) is 4.51. The largest absolute Gasteiger partial charge is 0.382 e. The number of fused-ring (bicyclic) bond motifs is 1. The number of carbonyl (C=O) groups excluding carboxylic acids is 1. The number of rotatable bonds is 6. The summed E-state index contributed by atoms with van der Waals surface area (Å²) in [5.41, 5.74) is 10.3. The molecule has 3 N–H and O–H groups in total. The van der Waals surface area contributed by atoms with Crippen LogP contribution in [0.15, 0.2) is 48.0 Å². The van der Waals surface area contributed by atoms with Gasteiger partial charge in [-0.2, -0.15) is 4.98 Å². The monoisotopic (exact) mass is 460 g/mol. The Bertz CT molecular complexity index is 1300. The van der Waals surface area contributed by atoms with Crippen molar-refractivity contribution < 1.29 is 9.53 Å². The zero-order valence-corrected chi connectivity index (χ0v) is 19.1. The maximum Gasteiger partial charge on any atom is 0.229 e. The molecule has 4 aromatic rings. The van der Waals surface area contributed by atoms with Gasteiger partial charge in [-0.3, -0.25) is 4.79 Å². The first-order valence-corrected chi connectivity index (χ1v) is 11.7. The number of nitrogens with one attached hydrogen (secondary N) is 1. The molecule has 0 bridgehead atoms. The Morgan fingerprint density at radius 2 is 2.06 bits per heavy atom. The minimum Gasteiger partial charge on any atom is -0.382 e. The molecule has 5 rings (SSSR count). The van der Waals surface area contributed by atoms with Gasteiger partial charge in [0, 0.05) is 36.0 Å². The fourth-order valence-corrected chi connectivity index (χ4v) is 4.75. The predicted molar refractivity (Wildman–Crippen MR) is 132 cm³/mol. The Morgan fingerprint density at radius 1 is 1.21 bits per heavy atom. The number of ketones is 1. The number of aromatic nitrogens is 3. The van der Waals surface area contributed by atoms with Gasteiger partial charge >= 0.3 is 0 Å². The third kappa shape index (κ3) is 4.37. The summed E-state index contributed by atoms with van der Waals surface area (Å²) in [4.78, 5) is 28.1. The second-order valence-corrected chi connectivity index (χ2v) is 8.63. The summed E-state index contributed by atoms with van der Waals surface area (Å²) in [6.45, 7) is 4.97. The molecule has 33 heavy (non-hydrogen) atoms. The second-order valence-electron chi connectivity index (χ2n) is 7.75.